The molecule has 3 rings (SSSR count). The Morgan fingerprint density at radius 2 is 1.96 bits per heavy atom. The Balaban J connectivity index is 1.68. The number of carbonyl (C=O) groups is 2. The minimum atomic E-state index is -0.938. The fraction of sp³-hybridized carbons (Fsp3) is 0.600. The summed E-state index contributed by atoms with van der Waals surface area (Å²) in [5.74, 6) is -1.62. The number of nitrogens with zero attached hydrogens (tertiary/aromatic N) is 2. The molecule has 1 aromatic carbocycles. The normalized spacial score (nSPS) is 23.1. The third kappa shape index (κ3) is 3.74. The molecule has 1 aromatic rings. The molecule has 2 saturated heterocycles. The van der Waals surface area contributed by atoms with Gasteiger partial charge in [-0.25, -0.2) is 8.78 Å². The van der Waals surface area contributed by atoms with Crippen LogP contribution in [0.1, 0.15) is 38.7 Å². The van der Waals surface area contributed by atoms with E-state index in [1.54, 1.807) is 0 Å². The number of halogens is 2. The van der Waals surface area contributed by atoms with Gasteiger partial charge >= 0.3 is 0 Å². The summed E-state index contributed by atoms with van der Waals surface area (Å²) in [6.45, 7) is 5.78. The highest BCUT2D eigenvalue weighted by molar-refractivity contribution is 5.80. The number of hydrogen-bond donors (Lipinski definition) is 0. The number of amides is 2. The molecule has 0 unspecified atom stereocenters. The first-order valence-electron chi connectivity index (χ1n) is 9.39. The van der Waals surface area contributed by atoms with E-state index in [1.165, 1.54) is 12.1 Å². The Kier molecular flexibility index (Phi) is 5.58. The van der Waals surface area contributed by atoms with Crippen molar-refractivity contribution in [3.05, 3.63) is 35.4 Å². The van der Waals surface area contributed by atoms with E-state index >= 15 is 0 Å². The van der Waals surface area contributed by atoms with Crippen LogP contribution in [0.2, 0.25) is 0 Å². The van der Waals surface area contributed by atoms with Crippen molar-refractivity contribution in [2.45, 2.75) is 45.6 Å². The molecular weight excluding hydrogens is 338 g/mol. The molecule has 0 aliphatic carbocycles. The molecule has 142 valence electrons. The number of benzene rings is 1. The second-order valence-corrected chi connectivity index (χ2v) is 7.67. The summed E-state index contributed by atoms with van der Waals surface area (Å²) in [6.07, 6.45) is 2.49. The Bertz CT molecular complexity index is 692. The summed E-state index contributed by atoms with van der Waals surface area (Å²) in [6, 6.07) is 4.03. The predicted molar refractivity (Wildman–Crippen MR) is 94.3 cm³/mol. The molecule has 0 aromatic heterocycles. The van der Waals surface area contributed by atoms with Crippen LogP contribution in [0.5, 0.6) is 0 Å². The molecule has 4 nitrogen and oxygen atoms in total. The molecule has 26 heavy (non-hydrogen) atoms. The third-order valence-electron chi connectivity index (χ3n) is 5.57. The van der Waals surface area contributed by atoms with Gasteiger partial charge in [-0.05, 0) is 31.2 Å². The van der Waals surface area contributed by atoms with Gasteiger partial charge in [0.1, 0.15) is 0 Å². The summed E-state index contributed by atoms with van der Waals surface area (Å²) in [5, 5.41) is 0. The van der Waals surface area contributed by atoms with Crippen LogP contribution < -0.4 is 0 Å². The van der Waals surface area contributed by atoms with E-state index in [2.05, 4.69) is 0 Å². The van der Waals surface area contributed by atoms with E-state index in [1.807, 2.05) is 23.6 Å². The molecular formula is C20H26F2N2O2. The van der Waals surface area contributed by atoms with Gasteiger partial charge in [-0.1, -0.05) is 26.0 Å². The Morgan fingerprint density at radius 1 is 1.19 bits per heavy atom. The van der Waals surface area contributed by atoms with Crippen molar-refractivity contribution < 1.29 is 18.4 Å². The van der Waals surface area contributed by atoms with E-state index in [9.17, 15) is 18.4 Å². The number of carbonyl (C=O) groups excluding carboxylic acids is 2. The molecule has 2 fully saturated rings. The van der Waals surface area contributed by atoms with Crippen molar-refractivity contribution in [2.75, 3.05) is 19.6 Å². The topological polar surface area (TPSA) is 40.6 Å². The van der Waals surface area contributed by atoms with Crippen molar-refractivity contribution in [1.29, 1.82) is 0 Å². The van der Waals surface area contributed by atoms with Crippen LogP contribution in [0.25, 0.3) is 0 Å². The lowest BCUT2D eigenvalue weighted by atomic mass is 9.83. The molecule has 2 aliphatic heterocycles. The largest absolute Gasteiger partial charge is 0.342 e. The van der Waals surface area contributed by atoms with Gasteiger partial charge in [-0.3, -0.25) is 9.59 Å². The van der Waals surface area contributed by atoms with Gasteiger partial charge in [0.05, 0.1) is 6.42 Å². The fourth-order valence-corrected chi connectivity index (χ4v) is 4.23. The number of piperidine rings is 2. The zero-order chi connectivity index (χ0) is 18.8. The summed E-state index contributed by atoms with van der Waals surface area (Å²) in [7, 11) is 0. The smallest absolute Gasteiger partial charge is 0.227 e. The maximum atomic E-state index is 13.9. The van der Waals surface area contributed by atoms with Crippen molar-refractivity contribution in [1.82, 2.24) is 9.80 Å². The van der Waals surface area contributed by atoms with E-state index in [-0.39, 0.29) is 41.7 Å². The molecule has 2 amide bonds. The summed E-state index contributed by atoms with van der Waals surface area (Å²) >= 11 is 0. The highest BCUT2D eigenvalue weighted by atomic mass is 19.2. The lowest BCUT2D eigenvalue weighted by Crippen LogP contribution is -2.57. The van der Waals surface area contributed by atoms with Gasteiger partial charge < -0.3 is 9.80 Å². The van der Waals surface area contributed by atoms with Crippen molar-refractivity contribution in [3.8, 4) is 0 Å². The van der Waals surface area contributed by atoms with Crippen LogP contribution in [0.15, 0.2) is 18.2 Å². The average molecular weight is 364 g/mol. The SMILES string of the molecule is CC(C)C(=O)N1CC[C@@H]2[C@H](CCCN2C(=O)Cc2cccc(F)c2F)C1. The molecule has 6 heteroatoms. The summed E-state index contributed by atoms with van der Waals surface area (Å²) < 4.78 is 27.3. The number of likely N-dealkylation sites (tertiary alicyclic amines) is 2. The number of hydrogen-bond acceptors (Lipinski definition) is 2. The lowest BCUT2D eigenvalue weighted by Gasteiger charge is -2.47. The average Bonchev–Trinajstić information content (AvgIpc) is 2.63. The number of fused-ring (bicyclic) bond motifs is 1. The minimum Gasteiger partial charge on any atom is -0.342 e. The second-order valence-electron chi connectivity index (χ2n) is 7.67. The quantitative estimate of drug-likeness (QED) is 0.827. The monoisotopic (exact) mass is 364 g/mol. The molecule has 0 spiro atoms. The van der Waals surface area contributed by atoms with Crippen LogP contribution >= 0.6 is 0 Å². The van der Waals surface area contributed by atoms with E-state index in [0.717, 1.165) is 25.3 Å². The first-order valence-corrected chi connectivity index (χ1v) is 9.39. The van der Waals surface area contributed by atoms with E-state index < -0.39 is 11.6 Å². The third-order valence-corrected chi connectivity index (χ3v) is 5.57. The molecule has 2 heterocycles. The molecule has 2 atom stereocenters. The van der Waals surface area contributed by atoms with Gasteiger partial charge in [0.2, 0.25) is 11.8 Å². The second kappa shape index (κ2) is 7.72. The van der Waals surface area contributed by atoms with Crippen molar-refractivity contribution >= 4 is 11.8 Å². The van der Waals surface area contributed by atoms with Gasteiger partial charge in [0, 0.05) is 37.2 Å². The molecule has 0 saturated carbocycles. The highest BCUT2D eigenvalue weighted by Gasteiger charge is 2.39. The van der Waals surface area contributed by atoms with Gasteiger partial charge in [0.25, 0.3) is 0 Å². The minimum absolute atomic E-state index is 0.0242. The molecule has 0 bridgehead atoms. The van der Waals surface area contributed by atoms with Crippen LogP contribution in [0, 0.1) is 23.5 Å². The summed E-state index contributed by atoms with van der Waals surface area (Å²) in [4.78, 5) is 28.8. The first-order chi connectivity index (χ1) is 12.4. The fourth-order valence-electron chi connectivity index (χ4n) is 4.23. The highest BCUT2D eigenvalue weighted by Crippen LogP contribution is 2.31. The Hall–Kier alpha value is -1.98. The molecule has 0 radical (unpaired) electrons. The van der Waals surface area contributed by atoms with Crippen molar-refractivity contribution in [2.24, 2.45) is 11.8 Å². The van der Waals surface area contributed by atoms with Gasteiger partial charge in [-0.15, -0.1) is 0 Å². The summed E-state index contributed by atoms with van der Waals surface area (Å²) in [5.41, 5.74) is 0.101. The zero-order valence-corrected chi connectivity index (χ0v) is 15.4. The Morgan fingerprint density at radius 3 is 2.69 bits per heavy atom. The van der Waals surface area contributed by atoms with E-state index in [4.69, 9.17) is 0 Å². The predicted octanol–water partition coefficient (Wildman–Crippen LogP) is 3.00. The van der Waals surface area contributed by atoms with E-state index in [0.29, 0.717) is 19.6 Å². The molecule has 0 N–H and O–H groups in total. The maximum Gasteiger partial charge on any atom is 0.227 e. The zero-order valence-electron chi connectivity index (χ0n) is 15.4. The number of rotatable bonds is 3. The van der Waals surface area contributed by atoms with Crippen LogP contribution in [0.4, 0.5) is 8.78 Å². The Labute approximate surface area is 153 Å². The van der Waals surface area contributed by atoms with Crippen LogP contribution in [-0.4, -0.2) is 47.3 Å². The standard InChI is InChI=1S/C20H26F2N2O2/c1-13(2)20(26)23-10-8-17-15(12-23)6-4-9-24(17)18(25)11-14-5-3-7-16(21)19(14)22/h3,5,7,13,15,17H,4,6,8-12H2,1-2H3/t15-,17-/m1/s1. The lowest BCUT2D eigenvalue weighted by molar-refractivity contribution is -0.142. The van der Waals surface area contributed by atoms with Crippen LogP contribution in [0.3, 0.4) is 0 Å². The van der Waals surface area contributed by atoms with Gasteiger partial charge in [0.15, 0.2) is 11.6 Å². The van der Waals surface area contributed by atoms with Crippen LogP contribution in [-0.2, 0) is 16.0 Å². The van der Waals surface area contributed by atoms with Crippen molar-refractivity contribution in [3.63, 3.8) is 0 Å². The van der Waals surface area contributed by atoms with Gasteiger partial charge in [-0.2, -0.15) is 0 Å². The maximum absolute atomic E-state index is 13.9. The molecule has 2 aliphatic rings. The first kappa shape index (κ1) is 18.8.